The van der Waals surface area contributed by atoms with Gasteiger partial charge in [-0.15, -0.1) is 11.3 Å². The quantitative estimate of drug-likeness (QED) is 0.756. The monoisotopic (exact) mass is 330 g/mol. The molecule has 1 amide bonds. The van der Waals surface area contributed by atoms with Crippen molar-refractivity contribution in [2.24, 2.45) is 12.8 Å². The molecule has 1 aliphatic heterocycles. The number of nitrogens with one attached hydrogen (secondary N) is 1. The average molecular weight is 330 g/mol. The summed E-state index contributed by atoms with van der Waals surface area (Å²) in [7, 11) is 1.83. The predicted molar refractivity (Wildman–Crippen MR) is 87.9 cm³/mol. The Balaban J connectivity index is 1.94. The van der Waals surface area contributed by atoms with Gasteiger partial charge >= 0.3 is 0 Å². The van der Waals surface area contributed by atoms with Gasteiger partial charge in [0.2, 0.25) is 0 Å². The number of nitrogens with zero attached hydrogens (tertiary/aromatic N) is 2. The summed E-state index contributed by atoms with van der Waals surface area (Å²) in [6, 6.07) is 4.67. The molecule has 3 heterocycles. The first-order chi connectivity index (χ1) is 11.0. The van der Waals surface area contributed by atoms with E-state index in [9.17, 15) is 9.18 Å². The lowest BCUT2D eigenvalue weighted by Gasteiger charge is -2.10. The Morgan fingerprint density at radius 1 is 1.43 bits per heavy atom. The van der Waals surface area contributed by atoms with Crippen LogP contribution in [0.3, 0.4) is 0 Å². The molecule has 0 spiro atoms. The molecule has 0 fully saturated rings. The van der Waals surface area contributed by atoms with Gasteiger partial charge in [-0.25, -0.2) is 9.37 Å². The topological polar surface area (TPSA) is 72.9 Å². The second kappa shape index (κ2) is 5.14. The van der Waals surface area contributed by atoms with Crippen LogP contribution in [-0.2, 0) is 20.0 Å². The second-order valence-electron chi connectivity index (χ2n) is 5.67. The zero-order chi connectivity index (χ0) is 16.1. The molecule has 7 heteroatoms. The number of rotatable bonds is 2. The standard InChI is InChI=1S/C16H15FN4OS/c1-21-11-6-9(17)5-10(15(18)22)14(11)20-16(21)12-4-8-2-3-19-7-13(8)23-12/h4-6,19H,2-3,7H2,1H3,(H2,18,22). The third-order valence-corrected chi connectivity index (χ3v) is 5.36. The Hall–Kier alpha value is -2.25. The van der Waals surface area contributed by atoms with Crippen LogP contribution < -0.4 is 11.1 Å². The number of amides is 1. The molecule has 118 valence electrons. The molecule has 0 aliphatic carbocycles. The lowest BCUT2D eigenvalue weighted by atomic mass is 10.1. The van der Waals surface area contributed by atoms with Crippen molar-refractivity contribution in [3.05, 3.63) is 40.0 Å². The molecule has 4 rings (SSSR count). The van der Waals surface area contributed by atoms with Crippen molar-refractivity contribution >= 4 is 28.3 Å². The number of halogens is 1. The fraction of sp³-hybridized carbons (Fsp3) is 0.250. The summed E-state index contributed by atoms with van der Waals surface area (Å²) < 4.78 is 15.6. The van der Waals surface area contributed by atoms with Crippen LogP contribution in [0.15, 0.2) is 18.2 Å². The van der Waals surface area contributed by atoms with Crippen molar-refractivity contribution in [1.29, 1.82) is 0 Å². The minimum atomic E-state index is -0.672. The highest BCUT2D eigenvalue weighted by molar-refractivity contribution is 7.15. The van der Waals surface area contributed by atoms with Crippen molar-refractivity contribution in [2.45, 2.75) is 13.0 Å². The average Bonchev–Trinajstić information content (AvgIpc) is 3.08. The number of thiophene rings is 1. The third kappa shape index (κ3) is 2.24. The van der Waals surface area contributed by atoms with Crippen molar-refractivity contribution in [3.8, 4) is 10.7 Å². The van der Waals surface area contributed by atoms with E-state index in [2.05, 4.69) is 16.4 Å². The summed E-state index contributed by atoms with van der Waals surface area (Å²) in [5.41, 5.74) is 7.83. The molecule has 0 saturated heterocycles. The van der Waals surface area contributed by atoms with E-state index in [-0.39, 0.29) is 5.56 Å². The number of carbonyl (C=O) groups excluding carboxylic acids is 1. The zero-order valence-electron chi connectivity index (χ0n) is 12.5. The van der Waals surface area contributed by atoms with E-state index in [0.29, 0.717) is 11.0 Å². The van der Waals surface area contributed by atoms with Gasteiger partial charge < -0.3 is 15.6 Å². The van der Waals surface area contributed by atoms with Crippen LogP contribution in [0.4, 0.5) is 4.39 Å². The van der Waals surface area contributed by atoms with Crippen LogP contribution in [0.1, 0.15) is 20.8 Å². The predicted octanol–water partition coefficient (Wildman–Crippen LogP) is 2.19. The number of primary amides is 1. The fourth-order valence-electron chi connectivity index (χ4n) is 3.02. The summed E-state index contributed by atoms with van der Waals surface area (Å²) in [5, 5.41) is 3.35. The van der Waals surface area contributed by atoms with E-state index in [4.69, 9.17) is 5.73 Å². The van der Waals surface area contributed by atoms with Crippen LogP contribution in [0.25, 0.3) is 21.7 Å². The van der Waals surface area contributed by atoms with Crippen molar-refractivity contribution in [2.75, 3.05) is 6.54 Å². The Kier molecular flexibility index (Phi) is 3.21. The first-order valence-corrected chi connectivity index (χ1v) is 8.14. The number of hydrogen-bond acceptors (Lipinski definition) is 4. The maximum Gasteiger partial charge on any atom is 0.251 e. The fourth-order valence-corrected chi connectivity index (χ4v) is 4.23. The highest BCUT2D eigenvalue weighted by atomic mass is 32.1. The van der Waals surface area contributed by atoms with Crippen LogP contribution >= 0.6 is 11.3 Å². The van der Waals surface area contributed by atoms with Crippen molar-refractivity contribution < 1.29 is 9.18 Å². The van der Waals surface area contributed by atoms with Gasteiger partial charge in [0.25, 0.3) is 5.91 Å². The van der Waals surface area contributed by atoms with Crippen LogP contribution in [0.5, 0.6) is 0 Å². The number of benzene rings is 1. The number of carbonyl (C=O) groups is 1. The lowest BCUT2D eigenvalue weighted by Crippen LogP contribution is -2.21. The highest BCUT2D eigenvalue weighted by Gasteiger charge is 2.20. The molecule has 0 unspecified atom stereocenters. The normalized spacial score (nSPS) is 14.2. The molecule has 0 saturated carbocycles. The Morgan fingerprint density at radius 3 is 3.00 bits per heavy atom. The van der Waals surface area contributed by atoms with Gasteiger partial charge in [0.1, 0.15) is 11.3 Å². The van der Waals surface area contributed by atoms with Crippen molar-refractivity contribution in [3.63, 3.8) is 0 Å². The van der Waals surface area contributed by atoms with Crippen LogP contribution in [0, 0.1) is 5.82 Å². The number of fused-ring (bicyclic) bond motifs is 2. The number of hydrogen-bond donors (Lipinski definition) is 2. The third-order valence-electron chi connectivity index (χ3n) is 4.19. The minimum Gasteiger partial charge on any atom is -0.366 e. The Morgan fingerprint density at radius 2 is 2.26 bits per heavy atom. The molecular weight excluding hydrogens is 315 g/mol. The molecule has 3 N–H and O–H groups in total. The van der Waals surface area contributed by atoms with E-state index >= 15 is 0 Å². The van der Waals surface area contributed by atoms with Gasteiger partial charge in [-0.2, -0.15) is 0 Å². The molecular formula is C16H15FN4OS. The zero-order valence-corrected chi connectivity index (χ0v) is 13.3. The van der Waals surface area contributed by atoms with Crippen LogP contribution in [-0.4, -0.2) is 22.0 Å². The summed E-state index contributed by atoms with van der Waals surface area (Å²) in [6.45, 7) is 1.84. The maximum atomic E-state index is 13.8. The SMILES string of the molecule is Cn1c(-c2cc3c(s2)CNCC3)nc2c(C(N)=O)cc(F)cc21. The number of imidazole rings is 1. The Bertz CT molecular complexity index is 920. The smallest absolute Gasteiger partial charge is 0.251 e. The summed E-state index contributed by atoms with van der Waals surface area (Å²) in [5.74, 6) is -0.433. The molecule has 0 radical (unpaired) electrons. The molecule has 1 aliphatic rings. The van der Waals surface area contributed by atoms with E-state index in [1.54, 1.807) is 11.3 Å². The van der Waals surface area contributed by atoms with E-state index in [1.165, 1.54) is 16.5 Å². The number of aryl methyl sites for hydroxylation is 1. The molecule has 2 aromatic heterocycles. The largest absolute Gasteiger partial charge is 0.366 e. The van der Waals surface area contributed by atoms with Crippen molar-refractivity contribution in [1.82, 2.24) is 14.9 Å². The molecule has 1 aromatic carbocycles. The van der Waals surface area contributed by atoms with Gasteiger partial charge in [-0.3, -0.25) is 4.79 Å². The molecule has 0 atom stereocenters. The van der Waals surface area contributed by atoms with Gasteiger partial charge in [0, 0.05) is 18.5 Å². The van der Waals surface area contributed by atoms with Gasteiger partial charge in [0.05, 0.1) is 16.0 Å². The second-order valence-corrected chi connectivity index (χ2v) is 6.80. The lowest BCUT2D eigenvalue weighted by molar-refractivity contribution is 0.100. The van der Waals surface area contributed by atoms with E-state index in [0.717, 1.165) is 36.3 Å². The molecule has 0 bridgehead atoms. The summed E-state index contributed by atoms with van der Waals surface area (Å²) >= 11 is 1.68. The molecule has 3 aromatic rings. The van der Waals surface area contributed by atoms with Crippen LogP contribution in [0.2, 0.25) is 0 Å². The minimum absolute atomic E-state index is 0.116. The first-order valence-electron chi connectivity index (χ1n) is 7.33. The number of nitrogens with two attached hydrogens (primary N) is 1. The Labute approximate surface area is 135 Å². The van der Waals surface area contributed by atoms with Gasteiger partial charge in [-0.05, 0) is 36.7 Å². The maximum absolute atomic E-state index is 13.8. The summed E-state index contributed by atoms with van der Waals surface area (Å²) in [6.07, 6.45) is 0.997. The number of aromatic nitrogens is 2. The summed E-state index contributed by atoms with van der Waals surface area (Å²) in [4.78, 5) is 18.5. The molecule has 23 heavy (non-hydrogen) atoms. The van der Waals surface area contributed by atoms with E-state index < -0.39 is 11.7 Å². The van der Waals surface area contributed by atoms with E-state index in [1.807, 2.05) is 11.6 Å². The van der Waals surface area contributed by atoms with Gasteiger partial charge in [0.15, 0.2) is 5.82 Å². The van der Waals surface area contributed by atoms with Gasteiger partial charge in [-0.1, -0.05) is 0 Å². The molecule has 5 nitrogen and oxygen atoms in total. The highest BCUT2D eigenvalue weighted by Crippen LogP contribution is 2.34. The first kappa shape index (κ1) is 14.3.